The lowest BCUT2D eigenvalue weighted by Crippen LogP contribution is -2.58. The minimum absolute atomic E-state index is 0.339. The molecule has 0 unspecified atom stereocenters. The van der Waals surface area contributed by atoms with Crippen LogP contribution in [0.4, 0.5) is 0 Å². The van der Waals surface area contributed by atoms with Gasteiger partial charge >= 0.3 is 0 Å². The second-order valence-corrected chi connectivity index (χ2v) is 9.67. The van der Waals surface area contributed by atoms with Gasteiger partial charge in [0.1, 0.15) is 11.5 Å². The number of ether oxygens (including phenoxy) is 1. The third-order valence-electron chi connectivity index (χ3n) is 6.87. The topological polar surface area (TPSA) is 99.1 Å². The number of rotatable bonds is 4. The molecule has 1 aliphatic heterocycles. The van der Waals surface area contributed by atoms with Gasteiger partial charge in [0, 0.05) is 23.1 Å². The Bertz CT molecular complexity index is 1350. The van der Waals surface area contributed by atoms with Crippen molar-refractivity contribution < 1.29 is 9.84 Å². The van der Waals surface area contributed by atoms with Crippen LogP contribution in [0, 0.1) is 0 Å². The van der Waals surface area contributed by atoms with E-state index in [1.54, 1.807) is 0 Å². The van der Waals surface area contributed by atoms with Crippen molar-refractivity contribution in [3.63, 3.8) is 0 Å². The van der Waals surface area contributed by atoms with Gasteiger partial charge in [0.05, 0.1) is 11.3 Å². The lowest BCUT2D eigenvalue weighted by Gasteiger charge is -2.49. The summed E-state index contributed by atoms with van der Waals surface area (Å²) in [4.78, 5) is 4.99. The summed E-state index contributed by atoms with van der Waals surface area (Å²) >= 11 is 0. The Balaban J connectivity index is 1.48. The fraction of sp³-hybridized carbons (Fsp3) is 0.296. The highest BCUT2D eigenvalue weighted by atomic mass is 16.5. The van der Waals surface area contributed by atoms with Crippen LogP contribution < -0.4 is 10.5 Å². The third kappa shape index (κ3) is 3.31. The fourth-order valence-corrected chi connectivity index (χ4v) is 5.37. The number of hydrogen-bond acceptors (Lipinski definition) is 6. The van der Waals surface area contributed by atoms with Crippen molar-refractivity contribution in [2.75, 3.05) is 0 Å². The van der Waals surface area contributed by atoms with E-state index in [1.807, 2.05) is 25.1 Å². The number of fused-ring (bicyclic) bond motifs is 3. The van der Waals surface area contributed by atoms with Crippen LogP contribution in [0.3, 0.4) is 0 Å². The van der Waals surface area contributed by atoms with Crippen LogP contribution >= 0.6 is 0 Å². The lowest BCUT2D eigenvalue weighted by molar-refractivity contribution is -0.0738. The molecule has 0 atom stereocenters. The molecule has 2 aliphatic rings. The molecule has 2 aromatic heterocycles. The molecule has 2 aromatic carbocycles. The van der Waals surface area contributed by atoms with E-state index in [2.05, 4.69) is 64.2 Å². The van der Waals surface area contributed by atoms with Crippen LogP contribution in [0.5, 0.6) is 5.88 Å². The van der Waals surface area contributed by atoms with E-state index in [-0.39, 0.29) is 0 Å². The predicted molar refractivity (Wildman–Crippen MR) is 129 cm³/mol. The molecule has 3 N–H and O–H groups in total. The zero-order valence-electron chi connectivity index (χ0n) is 19.3. The first-order valence-electron chi connectivity index (χ1n) is 11.7. The molecular weight excluding hydrogens is 426 g/mol. The summed E-state index contributed by atoms with van der Waals surface area (Å²) in [5, 5.41) is 18.8. The minimum Gasteiger partial charge on any atom is -0.468 e. The van der Waals surface area contributed by atoms with Gasteiger partial charge in [-0.15, -0.1) is 10.2 Å². The molecule has 1 aliphatic carbocycles. The molecule has 0 bridgehead atoms. The van der Waals surface area contributed by atoms with Gasteiger partial charge in [0.2, 0.25) is 5.88 Å². The highest BCUT2D eigenvalue weighted by molar-refractivity contribution is 5.83. The Morgan fingerprint density at radius 2 is 1.76 bits per heavy atom. The van der Waals surface area contributed by atoms with Gasteiger partial charge in [-0.1, -0.05) is 61.5 Å². The third-order valence-corrected chi connectivity index (χ3v) is 6.87. The molecule has 0 saturated heterocycles. The molecule has 0 amide bonds. The number of nitrogens with two attached hydrogens (primary N) is 1. The summed E-state index contributed by atoms with van der Waals surface area (Å²) in [6, 6.07) is 20.6. The maximum absolute atomic E-state index is 10.2. The average Bonchev–Trinajstić information content (AvgIpc) is 3.26. The summed E-state index contributed by atoms with van der Waals surface area (Å²) in [7, 11) is 0. The Morgan fingerprint density at radius 1 is 1.03 bits per heavy atom. The van der Waals surface area contributed by atoms with Gasteiger partial charge in [0.25, 0.3) is 0 Å². The zero-order valence-corrected chi connectivity index (χ0v) is 19.3. The first-order valence-corrected chi connectivity index (χ1v) is 11.7. The van der Waals surface area contributed by atoms with E-state index in [0.717, 1.165) is 51.7 Å². The van der Waals surface area contributed by atoms with Gasteiger partial charge in [-0.3, -0.25) is 4.57 Å². The SMILES string of the molecule is CCc1nnc2n1-c1cc(-c3ccccc3)c(-c3ccc([C@]4(N)C[C@](C)(O)C4)cc3)nc1OC2. The van der Waals surface area contributed by atoms with Crippen molar-refractivity contribution in [2.45, 2.75) is 50.9 Å². The van der Waals surface area contributed by atoms with Gasteiger partial charge in [-0.05, 0) is 37.0 Å². The first-order chi connectivity index (χ1) is 16.4. The van der Waals surface area contributed by atoms with Crippen molar-refractivity contribution in [3.8, 4) is 34.0 Å². The first kappa shape index (κ1) is 21.0. The molecule has 7 heteroatoms. The van der Waals surface area contributed by atoms with Crippen LogP contribution in [-0.4, -0.2) is 30.5 Å². The summed E-state index contributed by atoms with van der Waals surface area (Å²) < 4.78 is 8.07. The summed E-state index contributed by atoms with van der Waals surface area (Å²) in [5.74, 6) is 2.25. The Labute approximate surface area is 198 Å². The highest BCUT2D eigenvalue weighted by Crippen LogP contribution is 2.46. The second-order valence-electron chi connectivity index (χ2n) is 9.67. The second kappa shape index (κ2) is 7.48. The van der Waals surface area contributed by atoms with Crippen molar-refractivity contribution in [1.82, 2.24) is 19.7 Å². The highest BCUT2D eigenvalue weighted by Gasteiger charge is 2.49. The fourth-order valence-electron chi connectivity index (χ4n) is 5.37. The normalized spacial score (nSPS) is 22.9. The Morgan fingerprint density at radius 3 is 2.44 bits per heavy atom. The molecule has 3 heterocycles. The smallest absolute Gasteiger partial charge is 0.239 e. The molecule has 1 fully saturated rings. The van der Waals surface area contributed by atoms with Crippen molar-refractivity contribution in [1.29, 1.82) is 0 Å². The summed E-state index contributed by atoms with van der Waals surface area (Å²) in [5.41, 5.74) is 11.2. The van der Waals surface area contributed by atoms with E-state index in [4.69, 9.17) is 15.5 Å². The van der Waals surface area contributed by atoms with Crippen LogP contribution in [0.1, 0.15) is 43.9 Å². The number of aryl methyl sites for hydroxylation is 1. The molecule has 0 spiro atoms. The molecule has 172 valence electrons. The van der Waals surface area contributed by atoms with Gasteiger partial charge < -0.3 is 15.6 Å². The van der Waals surface area contributed by atoms with Crippen LogP contribution in [0.2, 0.25) is 0 Å². The van der Waals surface area contributed by atoms with Crippen molar-refractivity contribution in [3.05, 3.63) is 77.9 Å². The van der Waals surface area contributed by atoms with E-state index in [1.165, 1.54) is 0 Å². The maximum atomic E-state index is 10.2. The number of hydrogen-bond donors (Lipinski definition) is 2. The van der Waals surface area contributed by atoms with E-state index in [9.17, 15) is 5.11 Å². The Kier molecular flexibility index (Phi) is 4.62. The largest absolute Gasteiger partial charge is 0.468 e. The van der Waals surface area contributed by atoms with Crippen LogP contribution in [-0.2, 0) is 18.6 Å². The van der Waals surface area contributed by atoms with Gasteiger partial charge in [-0.2, -0.15) is 0 Å². The molecule has 34 heavy (non-hydrogen) atoms. The van der Waals surface area contributed by atoms with Crippen LogP contribution in [0.15, 0.2) is 60.7 Å². The average molecular weight is 454 g/mol. The number of nitrogens with zero attached hydrogens (tertiary/aromatic N) is 4. The van der Waals surface area contributed by atoms with E-state index < -0.39 is 11.1 Å². The molecular formula is C27H27N5O2. The van der Waals surface area contributed by atoms with E-state index in [0.29, 0.717) is 25.3 Å². The zero-order chi connectivity index (χ0) is 23.5. The molecule has 0 radical (unpaired) electrons. The minimum atomic E-state index is -0.691. The van der Waals surface area contributed by atoms with Crippen LogP contribution in [0.25, 0.3) is 28.1 Å². The van der Waals surface area contributed by atoms with Crippen molar-refractivity contribution in [2.24, 2.45) is 5.73 Å². The van der Waals surface area contributed by atoms with Gasteiger partial charge in [-0.25, -0.2) is 4.98 Å². The molecule has 7 nitrogen and oxygen atoms in total. The summed E-state index contributed by atoms with van der Waals surface area (Å²) in [6.07, 6.45) is 1.88. The molecule has 6 rings (SSSR count). The monoisotopic (exact) mass is 453 g/mol. The number of aliphatic hydroxyl groups is 1. The molecule has 1 saturated carbocycles. The number of aromatic nitrogens is 4. The van der Waals surface area contributed by atoms with Crippen molar-refractivity contribution >= 4 is 0 Å². The predicted octanol–water partition coefficient (Wildman–Crippen LogP) is 4.15. The Hall–Kier alpha value is -3.55. The lowest BCUT2D eigenvalue weighted by atomic mass is 9.63. The number of benzene rings is 2. The standard InChI is InChI=1S/C27H27N5O2/c1-3-22-30-31-23-14-34-25-21(32(22)23)13-20(17-7-5-4-6-8-17)24(29-25)18-9-11-19(12-10-18)27(28)15-26(2,33)16-27/h4-13,33H,3,14-16,28H2,1-2H3/t26-,27-. The van der Waals surface area contributed by atoms with Gasteiger partial charge in [0.15, 0.2) is 12.4 Å². The quantitative estimate of drug-likeness (QED) is 0.482. The summed E-state index contributed by atoms with van der Waals surface area (Å²) in [6.45, 7) is 4.24. The van der Waals surface area contributed by atoms with E-state index >= 15 is 0 Å². The maximum Gasteiger partial charge on any atom is 0.239 e. The number of pyridine rings is 1. The molecule has 4 aromatic rings.